The quantitative estimate of drug-likeness (QED) is 0.841. The van der Waals surface area contributed by atoms with Gasteiger partial charge in [0, 0.05) is 13.1 Å². The molecule has 2 bridgehead atoms. The van der Waals surface area contributed by atoms with Crippen LogP contribution in [0.15, 0.2) is 30.3 Å². The summed E-state index contributed by atoms with van der Waals surface area (Å²) in [6, 6.07) is 11.9. The van der Waals surface area contributed by atoms with Crippen molar-refractivity contribution in [3.63, 3.8) is 0 Å². The third-order valence-corrected chi connectivity index (χ3v) is 4.09. The highest BCUT2D eigenvalue weighted by molar-refractivity contribution is 5.81. The summed E-state index contributed by atoms with van der Waals surface area (Å²) < 4.78 is 5.73. The molecule has 2 aliphatic heterocycles. The Balaban J connectivity index is 1.67. The molecular formula is C16H18N2O2. The van der Waals surface area contributed by atoms with Crippen molar-refractivity contribution in [2.75, 3.05) is 13.1 Å². The van der Waals surface area contributed by atoms with E-state index in [0.717, 1.165) is 18.4 Å². The normalized spacial score (nSPS) is 26.1. The van der Waals surface area contributed by atoms with E-state index in [9.17, 15) is 10.1 Å². The van der Waals surface area contributed by atoms with Gasteiger partial charge in [-0.3, -0.25) is 4.79 Å². The molecule has 0 radical (unpaired) electrons. The lowest BCUT2D eigenvalue weighted by Gasteiger charge is -2.33. The lowest BCUT2D eigenvalue weighted by atomic mass is 9.99. The Hall–Kier alpha value is -1.86. The average Bonchev–Trinajstić information content (AvgIpc) is 2.83. The maximum Gasteiger partial charge on any atom is 0.240 e. The summed E-state index contributed by atoms with van der Waals surface area (Å²) in [4.78, 5) is 14.3. The van der Waals surface area contributed by atoms with Gasteiger partial charge < -0.3 is 9.64 Å². The van der Waals surface area contributed by atoms with E-state index in [2.05, 4.69) is 6.07 Å². The zero-order valence-electron chi connectivity index (χ0n) is 11.4. The van der Waals surface area contributed by atoms with Crippen molar-refractivity contribution in [1.82, 2.24) is 4.90 Å². The molecule has 0 spiro atoms. The molecule has 3 atom stereocenters. The summed E-state index contributed by atoms with van der Waals surface area (Å²) in [5.41, 5.74) is 1.03. The van der Waals surface area contributed by atoms with Gasteiger partial charge in [0.15, 0.2) is 0 Å². The third kappa shape index (κ3) is 2.68. The molecule has 20 heavy (non-hydrogen) atoms. The van der Waals surface area contributed by atoms with Crippen molar-refractivity contribution in [2.24, 2.45) is 5.92 Å². The fourth-order valence-corrected chi connectivity index (χ4v) is 3.05. The predicted octanol–water partition coefficient (Wildman–Crippen LogP) is 1.76. The molecule has 0 aliphatic carbocycles. The first-order chi connectivity index (χ1) is 9.76. The molecule has 4 nitrogen and oxygen atoms in total. The number of nitriles is 1. The third-order valence-electron chi connectivity index (χ3n) is 4.09. The van der Waals surface area contributed by atoms with E-state index in [4.69, 9.17) is 4.74 Å². The summed E-state index contributed by atoms with van der Waals surface area (Å²) in [7, 11) is 0. The molecule has 104 valence electrons. The largest absolute Gasteiger partial charge is 0.371 e. The zero-order chi connectivity index (χ0) is 13.9. The van der Waals surface area contributed by atoms with Gasteiger partial charge in [-0.05, 0) is 24.8 Å². The van der Waals surface area contributed by atoms with Crippen LogP contribution in [0, 0.1) is 17.2 Å². The van der Waals surface area contributed by atoms with Crippen molar-refractivity contribution in [3.8, 4) is 6.07 Å². The molecule has 2 heterocycles. The lowest BCUT2D eigenvalue weighted by molar-refractivity contribution is -0.142. The van der Waals surface area contributed by atoms with Crippen LogP contribution in [0.4, 0.5) is 0 Å². The topological polar surface area (TPSA) is 53.3 Å². The summed E-state index contributed by atoms with van der Waals surface area (Å²) in [5.74, 6) is -0.633. The number of fused-ring (bicyclic) bond motifs is 2. The highest BCUT2D eigenvalue weighted by atomic mass is 16.5. The van der Waals surface area contributed by atoms with Crippen molar-refractivity contribution < 1.29 is 9.53 Å². The molecule has 0 aromatic heterocycles. The van der Waals surface area contributed by atoms with Crippen molar-refractivity contribution >= 4 is 5.91 Å². The summed E-state index contributed by atoms with van der Waals surface area (Å²) in [5, 5.41) is 9.31. The smallest absolute Gasteiger partial charge is 0.240 e. The maximum absolute atomic E-state index is 12.5. The van der Waals surface area contributed by atoms with Crippen LogP contribution >= 0.6 is 0 Å². The number of likely N-dealkylation sites (tertiary alicyclic amines) is 1. The Labute approximate surface area is 118 Å². The van der Waals surface area contributed by atoms with Gasteiger partial charge in [-0.2, -0.15) is 5.26 Å². The Bertz CT molecular complexity index is 511. The van der Waals surface area contributed by atoms with Gasteiger partial charge in [0.05, 0.1) is 18.3 Å². The van der Waals surface area contributed by atoms with Crippen LogP contribution in [-0.4, -0.2) is 36.1 Å². The highest BCUT2D eigenvalue weighted by Crippen LogP contribution is 2.27. The van der Waals surface area contributed by atoms with E-state index in [0.29, 0.717) is 19.5 Å². The molecular weight excluding hydrogens is 252 g/mol. The van der Waals surface area contributed by atoms with Crippen LogP contribution in [0.5, 0.6) is 0 Å². The molecule has 3 unspecified atom stereocenters. The first-order valence-electron chi connectivity index (χ1n) is 7.14. The molecule has 0 saturated carbocycles. The fraction of sp³-hybridized carbons (Fsp3) is 0.500. The second-order valence-electron chi connectivity index (χ2n) is 5.57. The van der Waals surface area contributed by atoms with E-state index in [-0.39, 0.29) is 18.1 Å². The minimum Gasteiger partial charge on any atom is -0.371 e. The molecule has 4 heteroatoms. The molecule has 1 amide bonds. The molecule has 2 saturated heterocycles. The van der Waals surface area contributed by atoms with Crippen LogP contribution in [0.2, 0.25) is 0 Å². The van der Waals surface area contributed by atoms with Gasteiger partial charge in [-0.1, -0.05) is 30.3 Å². The number of amides is 1. The monoisotopic (exact) mass is 270 g/mol. The van der Waals surface area contributed by atoms with Crippen LogP contribution < -0.4 is 0 Å². The van der Waals surface area contributed by atoms with Crippen LogP contribution in [0.25, 0.3) is 0 Å². The minimum absolute atomic E-state index is 0.0449. The van der Waals surface area contributed by atoms with Crippen LogP contribution in [-0.2, 0) is 16.0 Å². The molecule has 1 aromatic carbocycles. The van der Waals surface area contributed by atoms with Crippen molar-refractivity contribution in [2.45, 2.75) is 31.5 Å². The molecule has 2 fully saturated rings. The zero-order valence-corrected chi connectivity index (χ0v) is 11.4. The SMILES string of the molecule is N#CC(Cc1ccccc1)C(=O)N1CC2CCC(C1)O2. The van der Waals surface area contributed by atoms with E-state index < -0.39 is 5.92 Å². The minimum atomic E-state index is -0.588. The Morgan fingerprint density at radius 1 is 1.30 bits per heavy atom. The number of rotatable bonds is 3. The number of carbonyl (C=O) groups is 1. The molecule has 3 rings (SSSR count). The van der Waals surface area contributed by atoms with Gasteiger partial charge >= 0.3 is 0 Å². The van der Waals surface area contributed by atoms with Gasteiger partial charge in [-0.15, -0.1) is 0 Å². The van der Waals surface area contributed by atoms with E-state index in [1.54, 1.807) is 0 Å². The van der Waals surface area contributed by atoms with Crippen molar-refractivity contribution in [3.05, 3.63) is 35.9 Å². The molecule has 2 aliphatic rings. The number of hydrogen-bond acceptors (Lipinski definition) is 3. The van der Waals surface area contributed by atoms with Gasteiger partial charge in [0.1, 0.15) is 5.92 Å². The summed E-state index contributed by atoms with van der Waals surface area (Å²) in [6.45, 7) is 1.28. The average molecular weight is 270 g/mol. The Morgan fingerprint density at radius 2 is 1.95 bits per heavy atom. The number of hydrogen-bond donors (Lipinski definition) is 0. The Kier molecular flexibility index (Phi) is 3.70. The predicted molar refractivity (Wildman–Crippen MR) is 73.7 cm³/mol. The molecule has 1 aromatic rings. The Morgan fingerprint density at radius 3 is 2.55 bits per heavy atom. The van der Waals surface area contributed by atoms with Crippen LogP contribution in [0.3, 0.4) is 0 Å². The second kappa shape index (κ2) is 5.64. The molecule has 0 N–H and O–H groups in total. The maximum atomic E-state index is 12.5. The first kappa shape index (κ1) is 13.1. The highest BCUT2D eigenvalue weighted by Gasteiger charge is 2.37. The number of benzene rings is 1. The van der Waals surface area contributed by atoms with Crippen LogP contribution in [0.1, 0.15) is 18.4 Å². The second-order valence-corrected chi connectivity index (χ2v) is 5.57. The van der Waals surface area contributed by atoms with E-state index >= 15 is 0 Å². The number of ether oxygens (including phenoxy) is 1. The van der Waals surface area contributed by atoms with E-state index in [1.807, 2.05) is 35.2 Å². The van der Waals surface area contributed by atoms with E-state index in [1.165, 1.54) is 0 Å². The number of nitrogens with zero attached hydrogens (tertiary/aromatic N) is 2. The number of carbonyl (C=O) groups excluding carboxylic acids is 1. The first-order valence-corrected chi connectivity index (χ1v) is 7.14. The summed E-state index contributed by atoms with van der Waals surface area (Å²) in [6.07, 6.45) is 2.90. The van der Waals surface area contributed by atoms with Gasteiger partial charge in [-0.25, -0.2) is 0 Å². The fourth-order valence-electron chi connectivity index (χ4n) is 3.05. The van der Waals surface area contributed by atoms with Gasteiger partial charge in [0.2, 0.25) is 5.91 Å². The standard InChI is InChI=1S/C16H18N2O2/c17-9-13(8-12-4-2-1-3-5-12)16(19)18-10-14-6-7-15(11-18)20-14/h1-5,13-15H,6-8,10-11H2. The van der Waals surface area contributed by atoms with Crippen molar-refractivity contribution in [1.29, 1.82) is 5.26 Å². The summed E-state index contributed by atoms with van der Waals surface area (Å²) >= 11 is 0. The number of morpholine rings is 1. The van der Waals surface area contributed by atoms with Gasteiger partial charge in [0.25, 0.3) is 0 Å². The lowest BCUT2D eigenvalue weighted by Crippen LogP contribution is -2.48.